The molecule has 1 heterocycles. The van der Waals surface area contributed by atoms with Crippen LogP contribution in [0.2, 0.25) is 5.02 Å². The van der Waals surface area contributed by atoms with Crippen LogP contribution in [0.15, 0.2) is 54.6 Å². The van der Waals surface area contributed by atoms with Crippen molar-refractivity contribution in [1.82, 2.24) is 9.97 Å². The highest BCUT2D eigenvalue weighted by Crippen LogP contribution is 2.20. The van der Waals surface area contributed by atoms with Crippen molar-refractivity contribution in [2.45, 2.75) is 13.8 Å². The van der Waals surface area contributed by atoms with Crippen LogP contribution in [0.1, 0.15) is 23.2 Å². The summed E-state index contributed by atoms with van der Waals surface area (Å²) in [5.74, 6) is 0.376. The standard InChI is InChI=1S/C20H18ClN5O2/c1-12-22-18(20(28)26-15-6-3-5-14(21)9-15)11-19(23-12)25-17-8-4-7-16(10-17)24-13(2)27/h3-11H,1-2H3,(H,24,27)(H,26,28)(H,22,23,25). The number of carbonyl (C=O) groups is 2. The van der Waals surface area contributed by atoms with Gasteiger partial charge < -0.3 is 16.0 Å². The molecule has 0 bridgehead atoms. The predicted octanol–water partition coefficient (Wildman–Crippen LogP) is 4.39. The van der Waals surface area contributed by atoms with Gasteiger partial charge in [0.1, 0.15) is 17.3 Å². The third-order valence-corrected chi connectivity index (χ3v) is 3.84. The smallest absolute Gasteiger partial charge is 0.274 e. The Labute approximate surface area is 167 Å². The van der Waals surface area contributed by atoms with E-state index in [1.165, 1.54) is 6.92 Å². The Morgan fingerprint density at radius 3 is 2.29 bits per heavy atom. The van der Waals surface area contributed by atoms with Crippen molar-refractivity contribution in [3.05, 3.63) is 71.1 Å². The first-order valence-electron chi connectivity index (χ1n) is 8.46. The van der Waals surface area contributed by atoms with E-state index < -0.39 is 0 Å². The van der Waals surface area contributed by atoms with E-state index in [1.807, 2.05) is 6.07 Å². The zero-order valence-electron chi connectivity index (χ0n) is 15.3. The molecule has 0 radical (unpaired) electrons. The molecule has 0 saturated carbocycles. The molecule has 2 amide bonds. The number of hydrogen-bond acceptors (Lipinski definition) is 5. The van der Waals surface area contributed by atoms with E-state index in [9.17, 15) is 9.59 Å². The normalized spacial score (nSPS) is 10.2. The third kappa shape index (κ3) is 5.28. The van der Waals surface area contributed by atoms with Crippen LogP contribution in [0.3, 0.4) is 0 Å². The monoisotopic (exact) mass is 395 g/mol. The van der Waals surface area contributed by atoms with Crippen LogP contribution in [0, 0.1) is 6.92 Å². The number of anilines is 4. The third-order valence-electron chi connectivity index (χ3n) is 3.61. The first kappa shape index (κ1) is 19.3. The summed E-state index contributed by atoms with van der Waals surface area (Å²) in [7, 11) is 0. The van der Waals surface area contributed by atoms with E-state index in [0.29, 0.717) is 33.7 Å². The Balaban J connectivity index is 1.79. The van der Waals surface area contributed by atoms with E-state index in [-0.39, 0.29) is 17.5 Å². The molecule has 2 aromatic carbocycles. The topological polar surface area (TPSA) is 96.0 Å². The summed E-state index contributed by atoms with van der Waals surface area (Å²) < 4.78 is 0. The summed E-state index contributed by atoms with van der Waals surface area (Å²) >= 11 is 5.95. The lowest BCUT2D eigenvalue weighted by molar-refractivity contribution is -0.114. The highest BCUT2D eigenvalue weighted by molar-refractivity contribution is 6.30. The number of nitrogens with one attached hydrogen (secondary N) is 3. The Morgan fingerprint density at radius 1 is 0.893 bits per heavy atom. The minimum absolute atomic E-state index is 0.157. The van der Waals surface area contributed by atoms with Gasteiger partial charge in [-0.1, -0.05) is 23.7 Å². The van der Waals surface area contributed by atoms with Crippen LogP contribution >= 0.6 is 11.6 Å². The molecular weight excluding hydrogens is 378 g/mol. The fourth-order valence-electron chi connectivity index (χ4n) is 2.54. The Bertz CT molecular complexity index is 1040. The number of nitrogens with zero attached hydrogens (tertiary/aromatic N) is 2. The molecule has 0 atom stereocenters. The van der Waals surface area contributed by atoms with E-state index >= 15 is 0 Å². The van der Waals surface area contributed by atoms with Crippen molar-refractivity contribution in [3.63, 3.8) is 0 Å². The minimum Gasteiger partial charge on any atom is -0.340 e. The van der Waals surface area contributed by atoms with Gasteiger partial charge in [0.05, 0.1) is 0 Å². The van der Waals surface area contributed by atoms with Gasteiger partial charge in [0.25, 0.3) is 5.91 Å². The highest BCUT2D eigenvalue weighted by Gasteiger charge is 2.12. The molecule has 3 rings (SSSR count). The van der Waals surface area contributed by atoms with Crippen molar-refractivity contribution < 1.29 is 9.59 Å². The number of amides is 2. The second-order valence-electron chi connectivity index (χ2n) is 6.04. The van der Waals surface area contributed by atoms with Crippen molar-refractivity contribution in [1.29, 1.82) is 0 Å². The van der Waals surface area contributed by atoms with E-state index in [4.69, 9.17) is 11.6 Å². The van der Waals surface area contributed by atoms with Gasteiger partial charge >= 0.3 is 0 Å². The van der Waals surface area contributed by atoms with Gasteiger partial charge in [-0.25, -0.2) is 9.97 Å². The maximum absolute atomic E-state index is 12.5. The lowest BCUT2D eigenvalue weighted by Crippen LogP contribution is -2.15. The molecule has 0 saturated heterocycles. The van der Waals surface area contributed by atoms with E-state index in [1.54, 1.807) is 55.5 Å². The largest absolute Gasteiger partial charge is 0.340 e. The van der Waals surface area contributed by atoms with Crippen LogP contribution < -0.4 is 16.0 Å². The van der Waals surface area contributed by atoms with Crippen LogP contribution in [0.25, 0.3) is 0 Å². The number of hydrogen-bond donors (Lipinski definition) is 3. The molecule has 7 nitrogen and oxygen atoms in total. The molecule has 0 unspecified atom stereocenters. The van der Waals surface area contributed by atoms with Gasteiger partial charge in [-0.05, 0) is 43.3 Å². The molecule has 0 fully saturated rings. The van der Waals surface area contributed by atoms with Crippen molar-refractivity contribution in [2.75, 3.05) is 16.0 Å². The molecule has 1 aromatic heterocycles. The summed E-state index contributed by atoms with van der Waals surface area (Å²) in [5, 5.41) is 9.13. The van der Waals surface area contributed by atoms with Gasteiger partial charge in [0, 0.05) is 35.1 Å². The van der Waals surface area contributed by atoms with E-state index in [0.717, 1.165) is 0 Å². The lowest BCUT2D eigenvalue weighted by atomic mass is 10.2. The summed E-state index contributed by atoms with van der Waals surface area (Å²) in [6, 6.07) is 15.6. The highest BCUT2D eigenvalue weighted by atomic mass is 35.5. The lowest BCUT2D eigenvalue weighted by Gasteiger charge is -2.10. The molecule has 0 aliphatic heterocycles. The summed E-state index contributed by atoms with van der Waals surface area (Å²) in [5.41, 5.74) is 2.16. The second-order valence-corrected chi connectivity index (χ2v) is 6.47. The maximum Gasteiger partial charge on any atom is 0.274 e. The summed E-state index contributed by atoms with van der Waals surface area (Å²) in [6.45, 7) is 3.15. The molecule has 3 aromatic rings. The number of aromatic nitrogens is 2. The molecule has 0 spiro atoms. The maximum atomic E-state index is 12.5. The molecule has 0 aliphatic rings. The molecule has 0 aliphatic carbocycles. The summed E-state index contributed by atoms with van der Waals surface area (Å²) in [6.07, 6.45) is 0. The fourth-order valence-corrected chi connectivity index (χ4v) is 2.73. The fraction of sp³-hybridized carbons (Fsp3) is 0.100. The van der Waals surface area contributed by atoms with Crippen LogP contribution in [-0.4, -0.2) is 21.8 Å². The average Bonchev–Trinajstić information content (AvgIpc) is 2.61. The molecule has 142 valence electrons. The number of halogens is 1. The van der Waals surface area contributed by atoms with Crippen LogP contribution in [0.4, 0.5) is 22.9 Å². The number of benzene rings is 2. The van der Waals surface area contributed by atoms with E-state index in [2.05, 4.69) is 25.9 Å². The van der Waals surface area contributed by atoms with Gasteiger partial charge in [-0.2, -0.15) is 0 Å². The molecule has 28 heavy (non-hydrogen) atoms. The average molecular weight is 396 g/mol. The van der Waals surface area contributed by atoms with Gasteiger partial charge in [0.2, 0.25) is 5.91 Å². The quantitative estimate of drug-likeness (QED) is 0.595. The van der Waals surface area contributed by atoms with Crippen LogP contribution in [0.5, 0.6) is 0 Å². The number of rotatable bonds is 5. The summed E-state index contributed by atoms with van der Waals surface area (Å²) in [4.78, 5) is 32.3. The molecular formula is C20H18ClN5O2. The van der Waals surface area contributed by atoms with Crippen LogP contribution in [-0.2, 0) is 4.79 Å². The molecule has 3 N–H and O–H groups in total. The minimum atomic E-state index is -0.372. The number of aryl methyl sites for hydroxylation is 1. The Kier molecular flexibility index (Phi) is 5.86. The van der Waals surface area contributed by atoms with Crippen molar-refractivity contribution >= 4 is 46.3 Å². The van der Waals surface area contributed by atoms with Gasteiger partial charge in [0.15, 0.2) is 0 Å². The number of carbonyl (C=O) groups excluding carboxylic acids is 2. The van der Waals surface area contributed by atoms with Crippen molar-refractivity contribution in [3.8, 4) is 0 Å². The second kappa shape index (κ2) is 8.49. The zero-order valence-corrected chi connectivity index (χ0v) is 16.0. The molecule has 8 heteroatoms. The Hall–Kier alpha value is -3.45. The Morgan fingerprint density at radius 2 is 1.57 bits per heavy atom. The van der Waals surface area contributed by atoms with Gasteiger partial charge in [-0.3, -0.25) is 9.59 Å². The SMILES string of the molecule is CC(=O)Nc1cccc(Nc2cc(C(=O)Nc3cccc(Cl)c3)nc(C)n2)c1. The first-order chi connectivity index (χ1) is 13.4. The zero-order chi connectivity index (χ0) is 20.1. The first-order valence-corrected chi connectivity index (χ1v) is 8.84. The van der Waals surface area contributed by atoms with Gasteiger partial charge in [-0.15, -0.1) is 0 Å². The predicted molar refractivity (Wildman–Crippen MR) is 110 cm³/mol. The van der Waals surface area contributed by atoms with Crippen molar-refractivity contribution in [2.24, 2.45) is 0 Å².